The Balaban J connectivity index is 1.49. The van der Waals surface area contributed by atoms with Gasteiger partial charge in [0.1, 0.15) is 0 Å². The second-order valence-corrected chi connectivity index (χ2v) is 9.37. The fraction of sp³-hybridized carbons (Fsp3) is 0.727. The highest BCUT2D eigenvalue weighted by Gasteiger charge is 2.47. The van der Waals surface area contributed by atoms with Crippen LogP contribution in [0.1, 0.15) is 56.3 Å². The first-order chi connectivity index (χ1) is 14.0. The SMILES string of the molecule is CC(C)CC(=O)NC[C@H]1[C@H]2C[C@H](CN(C(=O)c3ccnnc3)C2)[C@@H]2CCCCN21. The van der Waals surface area contributed by atoms with E-state index >= 15 is 0 Å². The highest BCUT2D eigenvalue weighted by Crippen LogP contribution is 2.41. The van der Waals surface area contributed by atoms with Gasteiger partial charge < -0.3 is 10.2 Å². The second-order valence-electron chi connectivity index (χ2n) is 9.37. The smallest absolute Gasteiger partial charge is 0.255 e. The summed E-state index contributed by atoms with van der Waals surface area (Å²) in [6, 6.07) is 2.59. The molecule has 1 aromatic rings. The van der Waals surface area contributed by atoms with Crippen molar-refractivity contribution in [3.8, 4) is 0 Å². The lowest BCUT2D eigenvalue weighted by Gasteiger charge is -2.56. The van der Waals surface area contributed by atoms with Gasteiger partial charge in [-0.1, -0.05) is 20.3 Å². The minimum absolute atomic E-state index is 0.0569. The number of hydrogen-bond acceptors (Lipinski definition) is 5. The third-order valence-corrected chi connectivity index (χ3v) is 6.84. The quantitative estimate of drug-likeness (QED) is 0.819. The van der Waals surface area contributed by atoms with Crippen LogP contribution in [0.5, 0.6) is 0 Å². The normalized spacial score (nSPS) is 29.4. The maximum Gasteiger partial charge on any atom is 0.255 e. The number of carbonyl (C=O) groups excluding carboxylic acids is 2. The Morgan fingerprint density at radius 1 is 1.21 bits per heavy atom. The lowest BCUT2D eigenvalue weighted by Crippen LogP contribution is -2.66. The van der Waals surface area contributed by atoms with Crippen LogP contribution in [-0.4, -0.2) is 70.1 Å². The number of likely N-dealkylation sites (tertiary alicyclic amines) is 1. The third kappa shape index (κ3) is 4.44. The Morgan fingerprint density at radius 3 is 2.79 bits per heavy atom. The van der Waals surface area contributed by atoms with Gasteiger partial charge in [-0.2, -0.15) is 10.2 Å². The Hall–Kier alpha value is -2.02. The standard InChI is InChI=1S/C22H33N5O2/c1-15(2)9-21(28)23-12-20-18-10-17(19-5-3-4-8-27(19)20)13-26(14-18)22(29)16-6-7-24-25-11-16/h6-7,11,15,17-20H,3-5,8-10,12-14H2,1-2H3,(H,23,28)/t17-,18+,19+,20+/m1/s1. The lowest BCUT2D eigenvalue weighted by atomic mass is 9.72. The molecule has 3 fully saturated rings. The molecule has 29 heavy (non-hydrogen) atoms. The van der Waals surface area contributed by atoms with Crippen molar-refractivity contribution in [1.29, 1.82) is 0 Å². The first kappa shape index (κ1) is 20.3. The van der Waals surface area contributed by atoms with E-state index in [1.165, 1.54) is 19.3 Å². The Labute approximate surface area is 173 Å². The van der Waals surface area contributed by atoms with Crippen molar-refractivity contribution in [3.63, 3.8) is 0 Å². The van der Waals surface area contributed by atoms with Crippen LogP contribution in [0, 0.1) is 17.8 Å². The van der Waals surface area contributed by atoms with Gasteiger partial charge in [0.25, 0.3) is 5.91 Å². The first-order valence-electron chi connectivity index (χ1n) is 11.1. The molecule has 3 saturated heterocycles. The third-order valence-electron chi connectivity index (χ3n) is 6.84. The summed E-state index contributed by atoms with van der Waals surface area (Å²) in [6.07, 6.45) is 8.56. The number of carbonyl (C=O) groups is 2. The van der Waals surface area contributed by atoms with Crippen molar-refractivity contribution in [1.82, 2.24) is 25.3 Å². The molecule has 0 aliphatic carbocycles. The summed E-state index contributed by atoms with van der Waals surface area (Å²) < 4.78 is 0. The van der Waals surface area contributed by atoms with Crippen LogP contribution in [0.25, 0.3) is 0 Å². The number of rotatable bonds is 5. The predicted octanol–water partition coefficient (Wildman–Crippen LogP) is 1.95. The number of piperidine rings is 3. The molecule has 4 rings (SSSR count). The molecule has 0 unspecified atom stereocenters. The number of aromatic nitrogens is 2. The van der Waals surface area contributed by atoms with E-state index in [9.17, 15) is 9.59 Å². The zero-order chi connectivity index (χ0) is 20.4. The molecule has 0 aromatic carbocycles. The van der Waals surface area contributed by atoms with Crippen molar-refractivity contribution >= 4 is 11.8 Å². The van der Waals surface area contributed by atoms with Gasteiger partial charge >= 0.3 is 0 Å². The zero-order valence-electron chi connectivity index (χ0n) is 17.6. The highest BCUT2D eigenvalue weighted by molar-refractivity contribution is 5.93. The van der Waals surface area contributed by atoms with Crippen LogP contribution < -0.4 is 5.32 Å². The molecule has 1 aromatic heterocycles. The second kappa shape index (κ2) is 8.78. The minimum Gasteiger partial charge on any atom is -0.355 e. The molecule has 0 saturated carbocycles. The summed E-state index contributed by atoms with van der Waals surface area (Å²) in [7, 11) is 0. The Morgan fingerprint density at radius 2 is 2.03 bits per heavy atom. The van der Waals surface area contributed by atoms with Gasteiger partial charge in [-0.3, -0.25) is 14.5 Å². The summed E-state index contributed by atoms with van der Waals surface area (Å²) in [5.74, 6) is 1.49. The van der Waals surface area contributed by atoms with Crippen LogP contribution in [0.4, 0.5) is 0 Å². The van der Waals surface area contributed by atoms with Gasteiger partial charge in [0.15, 0.2) is 0 Å². The van der Waals surface area contributed by atoms with E-state index in [2.05, 4.69) is 34.3 Å². The molecule has 4 atom stereocenters. The number of fused-ring (bicyclic) bond motifs is 4. The molecule has 3 aliphatic rings. The number of nitrogens with one attached hydrogen (secondary N) is 1. The molecule has 7 nitrogen and oxygen atoms in total. The number of amides is 2. The molecule has 4 heterocycles. The van der Waals surface area contributed by atoms with Crippen molar-refractivity contribution in [2.45, 2.75) is 58.0 Å². The van der Waals surface area contributed by atoms with E-state index in [4.69, 9.17) is 0 Å². The maximum absolute atomic E-state index is 13.1. The Bertz CT molecular complexity index is 725. The largest absolute Gasteiger partial charge is 0.355 e. The Kier molecular flexibility index (Phi) is 6.13. The summed E-state index contributed by atoms with van der Waals surface area (Å²) >= 11 is 0. The average molecular weight is 400 g/mol. The molecule has 2 bridgehead atoms. The molecule has 0 spiro atoms. The summed E-state index contributed by atoms with van der Waals surface area (Å²) in [4.78, 5) is 30.0. The molecular weight excluding hydrogens is 366 g/mol. The van der Waals surface area contributed by atoms with Crippen LogP contribution >= 0.6 is 0 Å². The van der Waals surface area contributed by atoms with Gasteiger partial charge in [0, 0.05) is 38.1 Å². The van der Waals surface area contributed by atoms with Crippen molar-refractivity contribution in [2.75, 3.05) is 26.2 Å². The van der Waals surface area contributed by atoms with Gasteiger partial charge in [-0.05, 0) is 49.6 Å². The number of nitrogens with zero attached hydrogens (tertiary/aromatic N) is 4. The summed E-state index contributed by atoms with van der Waals surface area (Å²) in [6.45, 7) is 7.54. The predicted molar refractivity (Wildman–Crippen MR) is 110 cm³/mol. The van der Waals surface area contributed by atoms with Gasteiger partial charge in [0.05, 0.1) is 18.0 Å². The summed E-state index contributed by atoms with van der Waals surface area (Å²) in [5.41, 5.74) is 0.613. The van der Waals surface area contributed by atoms with Crippen LogP contribution in [0.2, 0.25) is 0 Å². The van der Waals surface area contributed by atoms with E-state index in [0.29, 0.717) is 48.4 Å². The molecule has 1 N–H and O–H groups in total. The lowest BCUT2D eigenvalue weighted by molar-refractivity contribution is -0.123. The van der Waals surface area contributed by atoms with E-state index < -0.39 is 0 Å². The molecule has 7 heteroatoms. The van der Waals surface area contributed by atoms with Crippen molar-refractivity contribution in [3.05, 3.63) is 24.0 Å². The van der Waals surface area contributed by atoms with Gasteiger partial charge in [-0.25, -0.2) is 0 Å². The summed E-state index contributed by atoms with van der Waals surface area (Å²) in [5, 5.41) is 10.9. The molecule has 3 aliphatic heterocycles. The topological polar surface area (TPSA) is 78.4 Å². The van der Waals surface area contributed by atoms with Gasteiger partial charge in [0.2, 0.25) is 5.91 Å². The van der Waals surface area contributed by atoms with Crippen molar-refractivity contribution in [2.24, 2.45) is 17.8 Å². The highest BCUT2D eigenvalue weighted by atomic mass is 16.2. The number of hydrogen-bond donors (Lipinski definition) is 1. The van der Waals surface area contributed by atoms with E-state index in [1.54, 1.807) is 18.5 Å². The maximum atomic E-state index is 13.1. The molecule has 0 radical (unpaired) electrons. The fourth-order valence-corrected chi connectivity index (χ4v) is 5.62. The van der Waals surface area contributed by atoms with Crippen molar-refractivity contribution < 1.29 is 9.59 Å². The minimum atomic E-state index is 0.0569. The molecular formula is C22H33N5O2. The van der Waals surface area contributed by atoms with Crippen LogP contribution in [0.3, 0.4) is 0 Å². The molecule has 2 amide bonds. The van der Waals surface area contributed by atoms with Crippen LogP contribution in [-0.2, 0) is 4.79 Å². The zero-order valence-corrected chi connectivity index (χ0v) is 17.6. The van der Waals surface area contributed by atoms with E-state index in [0.717, 1.165) is 26.1 Å². The van der Waals surface area contributed by atoms with Gasteiger partial charge in [-0.15, -0.1) is 0 Å². The average Bonchev–Trinajstić information content (AvgIpc) is 2.73. The van der Waals surface area contributed by atoms with Crippen LogP contribution in [0.15, 0.2) is 18.5 Å². The van der Waals surface area contributed by atoms with E-state index in [-0.39, 0.29) is 11.8 Å². The monoisotopic (exact) mass is 399 g/mol. The molecule has 158 valence electrons. The van der Waals surface area contributed by atoms with E-state index in [1.807, 2.05) is 4.90 Å². The first-order valence-corrected chi connectivity index (χ1v) is 11.1. The fourth-order valence-electron chi connectivity index (χ4n) is 5.62.